The monoisotopic (exact) mass is 335 g/mol. The second-order valence-electron chi connectivity index (χ2n) is 5.00. The number of alkyl halides is 3. The van der Waals surface area contributed by atoms with Crippen molar-refractivity contribution < 1.29 is 17.9 Å². The van der Waals surface area contributed by atoms with Crippen molar-refractivity contribution in [2.75, 3.05) is 0 Å². The van der Waals surface area contributed by atoms with Crippen molar-refractivity contribution in [3.63, 3.8) is 0 Å². The SMILES string of the molecule is CCc1cc(C(F)(F)F)c2ccc3nc(C(=N)OC=N)cn3c2n1. The average Bonchev–Trinajstić information content (AvgIpc) is 2.97. The number of nitrogens with one attached hydrogen (secondary N) is 2. The molecule has 0 radical (unpaired) electrons. The summed E-state index contributed by atoms with van der Waals surface area (Å²) in [5, 5.41) is 14.4. The predicted molar refractivity (Wildman–Crippen MR) is 81.6 cm³/mol. The van der Waals surface area contributed by atoms with Crippen molar-refractivity contribution in [1.29, 1.82) is 10.8 Å². The maximum Gasteiger partial charge on any atom is 0.417 e. The highest BCUT2D eigenvalue weighted by Gasteiger charge is 2.33. The van der Waals surface area contributed by atoms with Crippen LogP contribution in [0.1, 0.15) is 23.9 Å². The van der Waals surface area contributed by atoms with E-state index in [1.165, 1.54) is 22.7 Å². The highest BCUT2D eigenvalue weighted by molar-refractivity contribution is 5.94. The van der Waals surface area contributed by atoms with Crippen LogP contribution in [-0.4, -0.2) is 26.7 Å². The minimum Gasteiger partial charge on any atom is -0.426 e. The number of ether oxygens (including phenoxy) is 1. The summed E-state index contributed by atoms with van der Waals surface area (Å²) in [6, 6.07) is 3.79. The first-order valence-corrected chi connectivity index (χ1v) is 6.98. The standard InChI is InChI=1S/C15H12F3N5O/c1-2-8-5-10(15(16,17)18)9-3-4-12-22-11(13(20)24-7-19)6-23(12)14(9)21-8/h3-7,19-20H,2H2,1H3. The fourth-order valence-corrected chi connectivity index (χ4v) is 2.43. The van der Waals surface area contributed by atoms with E-state index in [0.29, 0.717) is 24.2 Å². The van der Waals surface area contributed by atoms with E-state index in [1.54, 1.807) is 6.92 Å². The number of imidazole rings is 1. The molecule has 3 rings (SSSR count). The molecule has 0 saturated heterocycles. The number of pyridine rings is 2. The van der Waals surface area contributed by atoms with Gasteiger partial charge in [-0.2, -0.15) is 13.2 Å². The molecule has 2 N–H and O–H groups in total. The van der Waals surface area contributed by atoms with Crippen molar-refractivity contribution in [3.8, 4) is 0 Å². The molecule has 124 valence electrons. The van der Waals surface area contributed by atoms with Gasteiger partial charge >= 0.3 is 6.18 Å². The van der Waals surface area contributed by atoms with Gasteiger partial charge in [0, 0.05) is 17.3 Å². The van der Waals surface area contributed by atoms with E-state index < -0.39 is 11.7 Å². The molecule has 0 saturated carbocycles. The Morgan fingerprint density at radius 1 is 1.33 bits per heavy atom. The van der Waals surface area contributed by atoms with Crippen LogP contribution < -0.4 is 0 Å². The van der Waals surface area contributed by atoms with Crippen molar-refractivity contribution in [3.05, 3.63) is 41.3 Å². The Bertz CT molecular complexity index is 961. The topological polar surface area (TPSA) is 87.1 Å². The lowest BCUT2D eigenvalue weighted by atomic mass is 10.1. The summed E-state index contributed by atoms with van der Waals surface area (Å²) in [6.07, 6.45) is -2.20. The lowest BCUT2D eigenvalue weighted by Crippen LogP contribution is -2.09. The zero-order chi connectivity index (χ0) is 17.5. The van der Waals surface area contributed by atoms with Gasteiger partial charge < -0.3 is 4.74 Å². The van der Waals surface area contributed by atoms with E-state index in [2.05, 4.69) is 14.7 Å². The number of fused-ring (bicyclic) bond motifs is 3. The van der Waals surface area contributed by atoms with Gasteiger partial charge in [-0.1, -0.05) is 6.92 Å². The molecule has 3 heterocycles. The molecule has 0 bridgehead atoms. The molecule has 3 aromatic heterocycles. The molecule has 0 fully saturated rings. The van der Waals surface area contributed by atoms with E-state index in [9.17, 15) is 13.2 Å². The molecule has 0 amide bonds. The number of halogens is 3. The zero-order valence-corrected chi connectivity index (χ0v) is 12.5. The Labute approximate surface area is 133 Å². The summed E-state index contributed by atoms with van der Waals surface area (Å²) in [5.41, 5.74) is 0.101. The van der Waals surface area contributed by atoms with Crippen LogP contribution in [0.4, 0.5) is 13.2 Å². The third-order valence-corrected chi connectivity index (χ3v) is 3.53. The molecule has 24 heavy (non-hydrogen) atoms. The van der Waals surface area contributed by atoms with Crippen LogP contribution in [0, 0.1) is 10.8 Å². The van der Waals surface area contributed by atoms with Crippen LogP contribution in [0.15, 0.2) is 24.4 Å². The molecular formula is C15H12F3N5O. The Hall–Kier alpha value is -2.97. The molecule has 0 aliphatic heterocycles. The molecule has 0 aromatic carbocycles. The van der Waals surface area contributed by atoms with Crippen molar-refractivity contribution in [2.24, 2.45) is 0 Å². The maximum absolute atomic E-state index is 13.3. The quantitative estimate of drug-likeness (QED) is 0.568. The van der Waals surface area contributed by atoms with Crippen LogP contribution in [0.3, 0.4) is 0 Å². The van der Waals surface area contributed by atoms with E-state index in [4.69, 9.17) is 10.8 Å². The van der Waals surface area contributed by atoms with E-state index in [0.717, 1.165) is 6.07 Å². The van der Waals surface area contributed by atoms with Crippen molar-refractivity contribution >= 4 is 29.0 Å². The summed E-state index contributed by atoms with van der Waals surface area (Å²) in [4.78, 5) is 8.40. The van der Waals surface area contributed by atoms with Gasteiger partial charge in [0.05, 0.1) is 5.56 Å². The largest absolute Gasteiger partial charge is 0.426 e. The van der Waals surface area contributed by atoms with Crippen LogP contribution in [0.25, 0.3) is 16.7 Å². The van der Waals surface area contributed by atoms with Gasteiger partial charge in [0.25, 0.3) is 0 Å². The third-order valence-electron chi connectivity index (χ3n) is 3.53. The molecule has 0 unspecified atom stereocenters. The van der Waals surface area contributed by atoms with Gasteiger partial charge in [-0.05, 0) is 24.6 Å². The molecule has 0 spiro atoms. The molecule has 6 nitrogen and oxygen atoms in total. The molecule has 0 atom stereocenters. The Morgan fingerprint density at radius 2 is 2.08 bits per heavy atom. The van der Waals surface area contributed by atoms with Crippen LogP contribution in [-0.2, 0) is 17.3 Å². The average molecular weight is 335 g/mol. The van der Waals surface area contributed by atoms with Crippen molar-refractivity contribution in [2.45, 2.75) is 19.5 Å². The van der Waals surface area contributed by atoms with Gasteiger partial charge in [-0.3, -0.25) is 15.2 Å². The molecule has 9 heteroatoms. The number of rotatable bonds is 3. The number of hydrogen-bond acceptors (Lipinski definition) is 5. The first-order chi connectivity index (χ1) is 11.3. The van der Waals surface area contributed by atoms with Gasteiger partial charge in [0.15, 0.2) is 6.40 Å². The zero-order valence-electron chi connectivity index (χ0n) is 12.5. The number of aromatic nitrogens is 3. The maximum atomic E-state index is 13.3. The Kier molecular flexibility index (Phi) is 3.70. The van der Waals surface area contributed by atoms with Crippen molar-refractivity contribution in [1.82, 2.24) is 14.4 Å². The van der Waals surface area contributed by atoms with E-state index in [1.807, 2.05) is 0 Å². The Morgan fingerprint density at radius 3 is 2.71 bits per heavy atom. The van der Waals surface area contributed by atoms with E-state index in [-0.39, 0.29) is 22.6 Å². The number of hydrogen-bond donors (Lipinski definition) is 2. The highest BCUT2D eigenvalue weighted by Crippen LogP contribution is 2.35. The lowest BCUT2D eigenvalue weighted by Gasteiger charge is -2.12. The van der Waals surface area contributed by atoms with Gasteiger partial charge in [-0.15, -0.1) is 0 Å². The Balaban J connectivity index is 2.34. The summed E-state index contributed by atoms with van der Waals surface area (Å²) in [6.45, 7) is 1.72. The van der Waals surface area contributed by atoms with Crippen LogP contribution >= 0.6 is 0 Å². The van der Waals surface area contributed by atoms with Crippen LogP contribution in [0.5, 0.6) is 0 Å². The van der Waals surface area contributed by atoms with Gasteiger partial charge in [0.1, 0.15) is 17.0 Å². The molecular weight excluding hydrogens is 323 g/mol. The summed E-state index contributed by atoms with van der Waals surface area (Å²) < 4.78 is 46.0. The number of nitrogens with zero attached hydrogens (tertiary/aromatic N) is 3. The second-order valence-corrected chi connectivity index (χ2v) is 5.00. The summed E-state index contributed by atoms with van der Waals surface area (Å²) >= 11 is 0. The smallest absolute Gasteiger partial charge is 0.417 e. The molecule has 3 aromatic rings. The first kappa shape index (κ1) is 15.9. The van der Waals surface area contributed by atoms with Gasteiger partial charge in [-0.25, -0.2) is 9.97 Å². The fraction of sp³-hybridized carbons (Fsp3) is 0.200. The van der Waals surface area contributed by atoms with Crippen LogP contribution in [0.2, 0.25) is 0 Å². The minimum absolute atomic E-state index is 0.0457. The van der Waals surface area contributed by atoms with E-state index >= 15 is 0 Å². The fourth-order valence-electron chi connectivity index (χ4n) is 2.43. The van der Waals surface area contributed by atoms with Gasteiger partial charge in [0.2, 0.25) is 5.90 Å². The molecule has 0 aliphatic carbocycles. The lowest BCUT2D eigenvalue weighted by molar-refractivity contribution is -0.136. The normalized spacial score (nSPS) is 11.8. The molecule has 0 aliphatic rings. The summed E-state index contributed by atoms with van der Waals surface area (Å²) in [7, 11) is 0. The summed E-state index contributed by atoms with van der Waals surface area (Å²) in [5.74, 6) is -0.371. The minimum atomic E-state index is -4.50. The predicted octanol–water partition coefficient (Wildman–Crippen LogP) is 3.41. The third kappa shape index (κ3) is 2.57. The highest BCUT2D eigenvalue weighted by atomic mass is 19.4. The first-order valence-electron chi connectivity index (χ1n) is 6.98. The second kappa shape index (κ2) is 5.59. The number of aryl methyl sites for hydroxylation is 1.